The number of hydrogen-bond acceptors (Lipinski definition) is 5. The van der Waals surface area contributed by atoms with E-state index < -0.39 is 0 Å². The van der Waals surface area contributed by atoms with Gasteiger partial charge in [0, 0.05) is 50.6 Å². The van der Waals surface area contributed by atoms with E-state index in [0.717, 1.165) is 49.9 Å². The number of aromatic nitrogens is 2. The van der Waals surface area contributed by atoms with Gasteiger partial charge in [-0.25, -0.2) is 4.98 Å². The van der Waals surface area contributed by atoms with Gasteiger partial charge in [-0.15, -0.1) is 0 Å². The average Bonchev–Trinajstić information content (AvgIpc) is 3.13. The van der Waals surface area contributed by atoms with Crippen molar-refractivity contribution >= 4 is 22.6 Å². The molecule has 0 saturated carbocycles. The Hall–Kier alpha value is -1.95. The summed E-state index contributed by atoms with van der Waals surface area (Å²) in [7, 11) is 0. The third-order valence-electron chi connectivity index (χ3n) is 4.45. The zero-order chi connectivity index (χ0) is 20.4. The molecule has 5 nitrogen and oxygen atoms in total. The lowest BCUT2D eigenvalue weighted by atomic mass is 10.1. The van der Waals surface area contributed by atoms with Crippen LogP contribution in [0.3, 0.4) is 0 Å². The van der Waals surface area contributed by atoms with E-state index in [2.05, 4.69) is 49.1 Å². The van der Waals surface area contributed by atoms with Gasteiger partial charge in [-0.05, 0) is 24.3 Å². The number of nitrogens with zero attached hydrogens (tertiary/aromatic N) is 4. The number of anilines is 1. The molecule has 2 rings (SSSR count). The van der Waals surface area contributed by atoms with Crippen molar-refractivity contribution in [1.82, 2.24) is 14.3 Å². The van der Waals surface area contributed by atoms with Gasteiger partial charge in [0.2, 0.25) is 11.0 Å². The highest BCUT2D eigenvalue weighted by atomic mass is 32.1. The van der Waals surface area contributed by atoms with Crippen molar-refractivity contribution in [3.05, 3.63) is 41.7 Å². The molecule has 0 aliphatic carbocycles. The van der Waals surface area contributed by atoms with Crippen LogP contribution in [0.4, 0.5) is 5.13 Å². The van der Waals surface area contributed by atoms with Crippen molar-refractivity contribution in [3.63, 3.8) is 0 Å². The Labute approximate surface area is 173 Å². The molecule has 0 spiro atoms. The summed E-state index contributed by atoms with van der Waals surface area (Å²) >= 11 is 1.44. The minimum absolute atomic E-state index is 0.242. The zero-order valence-electron chi connectivity index (χ0n) is 17.7. The Morgan fingerprint density at radius 2 is 1.75 bits per heavy atom. The normalized spacial score (nSPS) is 11.0. The largest absolute Gasteiger partial charge is 0.346 e. The highest BCUT2D eigenvalue weighted by Crippen LogP contribution is 2.21. The van der Waals surface area contributed by atoms with Crippen molar-refractivity contribution in [2.24, 2.45) is 5.92 Å². The van der Waals surface area contributed by atoms with Crippen LogP contribution in [0.25, 0.3) is 0 Å². The topological polar surface area (TPSA) is 49.3 Å². The SMILES string of the molecule is CCCN(CCC)C(=O)CCN(CC(C)C)c1nc(Cc2ccccc2)ns1. The minimum Gasteiger partial charge on any atom is -0.346 e. The number of benzene rings is 1. The molecular weight excluding hydrogens is 368 g/mol. The summed E-state index contributed by atoms with van der Waals surface area (Å²) in [6.45, 7) is 11.9. The fourth-order valence-corrected chi connectivity index (χ4v) is 3.94. The maximum absolute atomic E-state index is 12.7. The van der Waals surface area contributed by atoms with Crippen molar-refractivity contribution in [1.29, 1.82) is 0 Å². The molecule has 1 heterocycles. The predicted molar refractivity (Wildman–Crippen MR) is 118 cm³/mol. The van der Waals surface area contributed by atoms with E-state index in [0.29, 0.717) is 18.9 Å². The van der Waals surface area contributed by atoms with Crippen molar-refractivity contribution in [3.8, 4) is 0 Å². The maximum atomic E-state index is 12.7. The third kappa shape index (κ3) is 7.23. The van der Waals surface area contributed by atoms with Gasteiger partial charge in [-0.3, -0.25) is 4.79 Å². The monoisotopic (exact) mass is 402 g/mol. The maximum Gasteiger partial charge on any atom is 0.224 e. The number of carbonyl (C=O) groups excluding carboxylic acids is 1. The van der Waals surface area contributed by atoms with Crippen molar-refractivity contribution < 1.29 is 4.79 Å². The minimum atomic E-state index is 0.242. The van der Waals surface area contributed by atoms with Crippen LogP contribution in [0.1, 0.15) is 58.3 Å². The molecule has 0 radical (unpaired) electrons. The van der Waals surface area contributed by atoms with Gasteiger partial charge < -0.3 is 9.80 Å². The van der Waals surface area contributed by atoms with Crippen LogP contribution in [-0.2, 0) is 11.2 Å². The molecule has 0 N–H and O–H groups in total. The molecule has 0 fully saturated rings. The van der Waals surface area contributed by atoms with E-state index >= 15 is 0 Å². The van der Waals surface area contributed by atoms with E-state index in [4.69, 9.17) is 4.98 Å². The predicted octanol–water partition coefficient (Wildman–Crippen LogP) is 4.63. The third-order valence-corrected chi connectivity index (χ3v) is 5.27. The Bertz CT molecular complexity index is 696. The fourth-order valence-electron chi connectivity index (χ4n) is 3.22. The molecule has 0 bridgehead atoms. The second kappa shape index (κ2) is 11.8. The van der Waals surface area contributed by atoms with Gasteiger partial charge in [0.05, 0.1) is 0 Å². The molecule has 1 aromatic carbocycles. The summed E-state index contributed by atoms with van der Waals surface area (Å²) in [6, 6.07) is 10.3. The summed E-state index contributed by atoms with van der Waals surface area (Å²) in [5, 5.41) is 0.921. The molecule has 0 atom stereocenters. The second-order valence-electron chi connectivity index (χ2n) is 7.63. The molecule has 0 aliphatic heterocycles. The lowest BCUT2D eigenvalue weighted by Crippen LogP contribution is -2.36. The summed E-state index contributed by atoms with van der Waals surface area (Å²) in [6.07, 6.45) is 3.27. The number of rotatable bonds is 12. The smallest absolute Gasteiger partial charge is 0.224 e. The first-order valence-corrected chi connectivity index (χ1v) is 11.2. The second-order valence-corrected chi connectivity index (χ2v) is 8.36. The van der Waals surface area contributed by atoms with Crippen LogP contribution >= 0.6 is 11.5 Å². The summed E-state index contributed by atoms with van der Waals surface area (Å²) < 4.78 is 4.55. The van der Waals surface area contributed by atoms with E-state index in [-0.39, 0.29) is 5.91 Å². The number of carbonyl (C=O) groups is 1. The molecule has 0 unspecified atom stereocenters. The van der Waals surface area contributed by atoms with Crippen LogP contribution in [0.2, 0.25) is 0 Å². The van der Waals surface area contributed by atoms with Crippen LogP contribution in [-0.4, -0.2) is 46.3 Å². The van der Waals surface area contributed by atoms with Crippen molar-refractivity contribution in [2.45, 2.75) is 53.4 Å². The first-order valence-electron chi connectivity index (χ1n) is 10.4. The Balaban J connectivity index is 2.02. The van der Waals surface area contributed by atoms with E-state index in [9.17, 15) is 4.79 Å². The molecule has 1 amide bonds. The standard InChI is InChI=1S/C22H34N4OS/c1-5-13-25(14-6-2)21(27)12-15-26(17-18(3)4)22-23-20(24-28-22)16-19-10-8-7-9-11-19/h7-11,18H,5-6,12-17H2,1-4H3. The van der Waals surface area contributed by atoms with Crippen LogP contribution < -0.4 is 4.90 Å². The first kappa shape index (κ1) is 22.3. The Kier molecular flexibility index (Phi) is 9.41. The summed E-state index contributed by atoms with van der Waals surface area (Å²) in [4.78, 5) is 21.6. The molecule has 0 saturated heterocycles. The molecular formula is C22H34N4OS. The molecule has 2 aromatic rings. The molecule has 154 valence electrons. The van der Waals surface area contributed by atoms with E-state index in [1.807, 2.05) is 23.1 Å². The molecule has 28 heavy (non-hydrogen) atoms. The molecule has 6 heteroatoms. The Morgan fingerprint density at radius 1 is 1.07 bits per heavy atom. The Morgan fingerprint density at radius 3 is 2.36 bits per heavy atom. The molecule has 1 aromatic heterocycles. The van der Waals surface area contributed by atoms with Gasteiger partial charge in [-0.2, -0.15) is 4.37 Å². The van der Waals surface area contributed by atoms with E-state index in [1.165, 1.54) is 17.1 Å². The van der Waals surface area contributed by atoms with Crippen LogP contribution in [0.5, 0.6) is 0 Å². The molecule has 0 aliphatic rings. The first-order chi connectivity index (χ1) is 13.5. The van der Waals surface area contributed by atoms with Gasteiger partial charge in [-0.1, -0.05) is 58.0 Å². The van der Waals surface area contributed by atoms with E-state index in [1.54, 1.807) is 0 Å². The van der Waals surface area contributed by atoms with Gasteiger partial charge in [0.1, 0.15) is 5.82 Å². The highest BCUT2D eigenvalue weighted by Gasteiger charge is 2.18. The number of amides is 1. The number of hydrogen-bond donors (Lipinski definition) is 0. The van der Waals surface area contributed by atoms with Gasteiger partial charge >= 0.3 is 0 Å². The van der Waals surface area contributed by atoms with Crippen LogP contribution in [0.15, 0.2) is 30.3 Å². The summed E-state index contributed by atoms with van der Waals surface area (Å²) in [5.74, 6) is 1.59. The lowest BCUT2D eigenvalue weighted by Gasteiger charge is -2.26. The van der Waals surface area contributed by atoms with Gasteiger partial charge in [0.25, 0.3) is 0 Å². The lowest BCUT2D eigenvalue weighted by molar-refractivity contribution is -0.131. The quantitative estimate of drug-likeness (QED) is 0.519. The zero-order valence-corrected chi connectivity index (χ0v) is 18.5. The van der Waals surface area contributed by atoms with Gasteiger partial charge in [0.15, 0.2) is 0 Å². The average molecular weight is 403 g/mol. The fraction of sp³-hybridized carbons (Fsp3) is 0.591. The highest BCUT2D eigenvalue weighted by molar-refractivity contribution is 7.09. The van der Waals surface area contributed by atoms with Crippen molar-refractivity contribution in [2.75, 3.05) is 31.1 Å². The van der Waals surface area contributed by atoms with Crippen LogP contribution in [0, 0.1) is 5.92 Å². The summed E-state index contributed by atoms with van der Waals surface area (Å²) in [5.41, 5.74) is 1.22.